The number of ketones is 2. The Morgan fingerprint density at radius 2 is 1.56 bits per heavy atom. The molecule has 1 heterocycles. The lowest BCUT2D eigenvalue weighted by atomic mass is 9.73. The number of para-hydroxylation sites is 1. The van der Waals surface area contributed by atoms with Crippen LogP contribution in [0.15, 0.2) is 65.1 Å². The average Bonchev–Trinajstić information content (AvgIpc) is 2.89. The van der Waals surface area contributed by atoms with Crippen LogP contribution in [0.4, 0.5) is 0 Å². The summed E-state index contributed by atoms with van der Waals surface area (Å²) in [6, 6.07) is 12.0. The maximum atomic E-state index is 13.0. The third-order valence-electron chi connectivity index (χ3n) is 6.77. The Bertz CT molecular complexity index is 1260. The Hall–Kier alpha value is -3.87. The molecule has 0 atom stereocenters. The first-order chi connectivity index (χ1) is 17.5. The molecule has 0 radical (unpaired) electrons. The number of Topliss-reactive ketones (excluding diaryl/α,β-unsaturated/α-hetero) is 2. The van der Waals surface area contributed by atoms with Crippen LogP contribution < -0.4 is 14.2 Å². The van der Waals surface area contributed by atoms with E-state index in [2.05, 4.69) is 0 Å². The lowest BCUT2D eigenvalue weighted by Crippen LogP contribution is -2.30. The normalized spacial score (nSPS) is 17.8. The molecule has 0 aromatic heterocycles. The Morgan fingerprint density at radius 1 is 0.889 bits per heavy atom. The van der Waals surface area contributed by atoms with E-state index in [1.165, 1.54) is 7.11 Å². The Kier molecular flexibility index (Phi) is 6.63. The molecule has 36 heavy (non-hydrogen) atoms. The summed E-state index contributed by atoms with van der Waals surface area (Å²) >= 11 is 0. The van der Waals surface area contributed by atoms with Crippen molar-refractivity contribution >= 4 is 17.5 Å². The van der Waals surface area contributed by atoms with E-state index in [1.807, 2.05) is 6.92 Å². The van der Waals surface area contributed by atoms with Crippen molar-refractivity contribution in [2.75, 3.05) is 13.7 Å². The van der Waals surface area contributed by atoms with Crippen molar-refractivity contribution in [2.45, 2.75) is 51.4 Å². The van der Waals surface area contributed by atoms with Crippen LogP contribution in [-0.2, 0) is 14.3 Å². The van der Waals surface area contributed by atoms with Crippen molar-refractivity contribution in [3.05, 3.63) is 76.3 Å². The number of allylic oxidation sites excluding steroid dienone is 4. The lowest BCUT2D eigenvalue weighted by Gasteiger charge is -2.36. The molecule has 7 heteroatoms. The van der Waals surface area contributed by atoms with Crippen LogP contribution >= 0.6 is 0 Å². The average molecular weight is 489 g/mol. The third-order valence-corrected chi connectivity index (χ3v) is 6.77. The Labute approximate surface area is 209 Å². The zero-order valence-corrected chi connectivity index (χ0v) is 20.4. The Balaban J connectivity index is 1.55. The topological polar surface area (TPSA) is 88.1 Å². The molecule has 7 nitrogen and oxygen atoms in total. The highest BCUT2D eigenvalue weighted by molar-refractivity contribution is 6.05. The molecule has 0 saturated heterocycles. The number of methoxy groups -OCH3 is 1. The minimum absolute atomic E-state index is 0.0100. The Morgan fingerprint density at radius 3 is 2.19 bits per heavy atom. The van der Waals surface area contributed by atoms with E-state index in [-0.39, 0.29) is 17.3 Å². The van der Waals surface area contributed by atoms with Gasteiger partial charge in [-0.15, -0.1) is 0 Å². The van der Waals surface area contributed by atoms with E-state index in [4.69, 9.17) is 18.9 Å². The number of carbonyl (C=O) groups is 3. The second-order valence-corrected chi connectivity index (χ2v) is 8.99. The summed E-state index contributed by atoms with van der Waals surface area (Å²) in [7, 11) is 1.49. The molecular formula is C29H28O7. The number of hydrogen-bond donors (Lipinski definition) is 0. The van der Waals surface area contributed by atoms with Gasteiger partial charge in [-0.05, 0) is 49.6 Å². The quantitative estimate of drug-likeness (QED) is 0.395. The molecule has 2 aromatic carbocycles. The summed E-state index contributed by atoms with van der Waals surface area (Å²) in [4.78, 5) is 39.0. The maximum absolute atomic E-state index is 13.0. The van der Waals surface area contributed by atoms with Gasteiger partial charge < -0.3 is 18.9 Å². The van der Waals surface area contributed by atoms with Crippen molar-refractivity contribution < 1.29 is 33.3 Å². The van der Waals surface area contributed by atoms with Crippen LogP contribution in [0.3, 0.4) is 0 Å². The molecule has 0 N–H and O–H groups in total. The summed E-state index contributed by atoms with van der Waals surface area (Å²) < 4.78 is 22.9. The van der Waals surface area contributed by atoms with Crippen LogP contribution in [0.25, 0.3) is 0 Å². The van der Waals surface area contributed by atoms with E-state index < -0.39 is 11.9 Å². The van der Waals surface area contributed by atoms with Crippen molar-refractivity contribution in [1.29, 1.82) is 0 Å². The van der Waals surface area contributed by atoms with Gasteiger partial charge in [0.1, 0.15) is 22.8 Å². The number of benzene rings is 2. The first-order valence-corrected chi connectivity index (χ1v) is 12.3. The molecule has 0 saturated carbocycles. The first kappa shape index (κ1) is 23.9. The molecule has 0 fully saturated rings. The van der Waals surface area contributed by atoms with Crippen molar-refractivity contribution in [2.24, 2.45) is 0 Å². The zero-order valence-electron chi connectivity index (χ0n) is 20.4. The third kappa shape index (κ3) is 4.30. The SMILES string of the molecule is CCOc1cc(C2C3=C(CCCC3=O)OC3=C2C(=O)CCC3)ccc1OC(=O)c1ccccc1OC. The molecule has 2 aliphatic carbocycles. The van der Waals surface area contributed by atoms with E-state index in [1.54, 1.807) is 42.5 Å². The molecule has 2 aromatic rings. The van der Waals surface area contributed by atoms with E-state index in [9.17, 15) is 14.4 Å². The van der Waals surface area contributed by atoms with Crippen LogP contribution in [0.1, 0.15) is 67.3 Å². The smallest absolute Gasteiger partial charge is 0.347 e. The van der Waals surface area contributed by atoms with E-state index in [0.29, 0.717) is 72.0 Å². The number of ether oxygens (including phenoxy) is 4. The standard InChI is InChI=1S/C29H28O7/c1-3-34-25-16-17(14-15-22(25)36-29(32)18-8-4-5-11-21(18)33-2)26-27-19(30)9-6-12-23(27)35-24-13-7-10-20(31)28(24)26/h4-5,8,11,14-16,26H,3,6-7,9-10,12-13H2,1-2H3. The van der Waals surface area contributed by atoms with Crippen LogP contribution in [-0.4, -0.2) is 31.3 Å². The fourth-order valence-electron chi connectivity index (χ4n) is 5.18. The van der Waals surface area contributed by atoms with Gasteiger partial charge in [0.15, 0.2) is 23.1 Å². The minimum Gasteiger partial charge on any atom is -0.496 e. The van der Waals surface area contributed by atoms with Gasteiger partial charge in [0.05, 0.1) is 13.7 Å². The number of esters is 1. The van der Waals surface area contributed by atoms with Gasteiger partial charge in [-0.2, -0.15) is 0 Å². The van der Waals surface area contributed by atoms with Crippen LogP contribution in [0.2, 0.25) is 0 Å². The summed E-state index contributed by atoms with van der Waals surface area (Å²) in [5.74, 6) is 1.30. The highest BCUT2D eigenvalue weighted by atomic mass is 16.6. The molecular weight excluding hydrogens is 460 g/mol. The fourth-order valence-corrected chi connectivity index (χ4v) is 5.18. The molecule has 186 valence electrons. The predicted molar refractivity (Wildman–Crippen MR) is 131 cm³/mol. The fraction of sp³-hybridized carbons (Fsp3) is 0.345. The van der Waals surface area contributed by atoms with E-state index in [0.717, 1.165) is 18.4 Å². The van der Waals surface area contributed by atoms with Gasteiger partial charge >= 0.3 is 5.97 Å². The van der Waals surface area contributed by atoms with Gasteiger partial charge in [-0.1, -0.05) is 18.2 Å². The summed E-state index contributed by atoms with van der Waals surface area (Å²) in [5.41, 5.74) is 2.17. The molecule has 3 aliphatic rings. The molecule has 0 bridgehead atoms. The number of hydrogen-bond acceptors (Lipinski definition) is 7. The van der Waals surface area contributed by atoms with Crippen LogP contribution in [0, 0.1) is 0 Å². The van der Waals surface area contributed by atoms with Crippen LogP contribution in [0.5, 0.6) is 17.2 Å². The largest absolute Gasteiger partial charge is 0.496 e. The minimum atomic E-state index is -0.577. The van der Waals surface area contributed by atoms with Crippen molar-refractivity contribution in [3.63, 3.8) is 0 Å². The van der Waals surface area contributed by atoms with Gasteiger partial charge in [0, 0.05) is 42.7 Å². The molecule has 1 aliphatic heterocycles. The lowest BCUT2D eigenvalue weighted by molar-refractivity contribution is -0.117. The number of carbonyl (C=O) groups excluding carboxylic acids is 3. The van der Waals surface area contributed by atoms with Crippen molar-refractivity contribution in [3.8, 4) is 17.2 Å². The summed E-state index contributed by atoms with van der Waals surface area (Å²) in [6.45, 7) is 2.18. The zero-order chi connectivity index (χ0) is 25.2. The summed E-state index contributed by atoms with van der Waals surface area (Å²) in [6.07, 6.45) is 3.70. The molecule has 0 amide bonds. The highest BCUT2D eigenvalue weighted by Crippen LogP contribution is 2.48. The monoisotopic (exact) mass is 488 g/mol. The number of rotatable bonds is 6. The van der Waals surface area contributed by atoms with Gasteiger partial charge in [0.2, 0.25) is 0 Å². The predicted octanol–water partition coefficient (Wildman–Crippen LogP) is 5.44. The summed E-state index contributed by atoms with van der Waals surface area (Å²) in [5, 5.41) is 0. The van der Waals surface area contributed by atoms with Crippen molar-refractivity contribution in [1.82, 2.24) is 0 Å². The second-order valence-electron chi connectivity index (χ2n) is 8.99. The molecule has 0 unspecified atom stereocenters. The van der Waals surface area contributed by atoms with Gasteiger partial charge in [-0.25, -0.2) is 4.79 Å². The van der Waals surface area contributed by atoms with E-state index >= 15 is 0 Å². The first-order valence-electron chi connectivity index (χ1n) is 12.3. The highest BCUT2D eigenvalue weighted by Gasteiger charge is 2.42. The maximum Gasteiger partial charge on any atom is 0.347 e. The van der Waals surface area contributed by atoms with Gasteiger partial charge in [-0.3, -0.25) is 9.59 Å². The molecule has 5 rings (SSSR count). The second kappa shape index (κ2) is 10.0. The molecule has 0 spiro atoms. The van der Waals surface area contributed by atoms with Gasteiger partial charge in [0.25, 0.3) is 0 Å².